The van der Waals surface area contributed by atoms with Crippen molar-refractivity contribution in [1.82, 2.24) is 4.98 Å². The topological polar surface area (TPSA) is 84.0 Å². The molecule has 1 aliphatic carbocycles. The van der Waals surface area contributed by atoms with E-state index in [4.69, 9.17) is 10.2 Å². The van der Waals surface area contributed by atoms with Crippen LogP contribution in [0, 0.1) is 11.8 Å². The molecular formula is C14H19N3O2. The molecule has 5 nitrogen and oxygen atoms in total. The summed E-state index contributed by atoms with van der Waals surface area (Å²) < 4.78 is 4.99. The maximum absolute atomic E-state index is 11.2. The molecular weight excluding hydrogens is 242 g/mol. The van der Waals surface area contributed by atoms with Gasteiger partial charge in [-0.3, -0.25) is 4.98 Å². The molecule has 19 heavy (non-hydrogen) atoms. The number of hydrogen-bond donors (Lipinski definition) is 3. The van der Waals surface area contributed by atoms with Gasteiger partial charge in [-0.25, -0.2) is 4.79 Å². The first kappa shape index (κ1) is 12.1. The minimum absolute atomic E-state index is 0.438. The maximum Gasteiger partial charge on any atom is 0.417 e. The van der Waals surface area contributed by atoms with E-state index in [0.29, 0.717) is 28.7 Å². The van der Waals surface area contributed by atoms with Crippen molar-refractivity contribution < 1.29 is 4.42 Å². The summed E-state index contributed by atoms with van der Waals surface area (Å²) in [5.74, 6) is 0.907. The Labute approximate surface area is 111 Å². The van der Waals surface area contributed by atoms with E-state index in [2.05, 4.69) is 24.1 Å². The van der Waals surface area contributed by atoms with Crippen LogP contribution in [0.3, 0.4) is 0 Å². The molecule has 1 fully saturated rings. The molecule has 3 rings (SSSR count). The number of anilines is 2. The standard InChI is InChI=1S/C14H19N3O2/c1-7-3-4-10(8(7)2)16-11-6-12-13(5-9(11)15)19-14(18)17-12/h5-8,10,16H,3-4,15H2,1-2H3,(H,17,18). The highest BCUT2D eigenvalue weighted by Crippen LogP contribution is 2.35. The molecule has 1 saturated carbocycles. The van der Waals surface area contributed by atoms with E-state index in [1.54, 1.807) is 6.07 Å². The number of aromatic nitrogens is 1. The van der Waals surface area contributed by atoms with Crippen LogP contribution in [-0.2, 0) is 0 Å². The maximum atomic E-state index is 11.2. The number of fused-ring (bicyclic) bond motifs is 1. The minimum atomic E-state index is -0.450. The fraction of sp³-hybridized carbons (Fsp3) is 0.500. The summed E-state index contributed by atoms with van der Waals surface area (Å²) >= 11 is 0. The fourth-order valence-electron chi connectivity index (χ4n) is 2.91. The highest BCUT2D eigenvalue weighted by Gasteiger charge is 2.29. The molecule has 3 atom stereocenters. The van der Waals surface area contributed by atoms with Crippen molar-refractivity contribution in [2.24, 2.45) is 11.8 Å². The van der Waals surface area contributed by atoms with Gasteiger partial charge < -0.3 is 15.5 Å². The molecule has 1 aliphatic rings. The summed E-state index contributed by atoms with van der Waals surface area (Å²) in [5.41, 5.74) is 8.68. The van der Waals surface area contributed by atoms with Crippen molar-refractivity contribution in [2.75, 3.05) is 11.1 Å². The normalized spacial score (nSPS) is 26.9. The Balaban J connectivity index is 1.92. The number of rotatable bonds is 2. The fourth-order valence-corrected chi connectivity index (χ4v) is 2.91. The van der Waals surface area contributed by atoms with Crippen LogP contribution in [0.25, 0.3) is 11.1 Å². The molecule has 2 aromatic rings. The molecule has 3 unspecified atom stereocenters. The van der Waals surface area contributed by atoms with Crippen LogP contribution in [0.2, 0.25) is 0 Å². The monoisotopic (exact) mass is 261 g/mol. The molecule has 102 valence electrons. The highest BCUT2D eigenvalue weighted by atomic mass is 16.4. The Morgan fingerprint density at radius 3 is 2.84 bits per heavy atom. The van der Waals surface area contributed by atoms with Crippen molar-refractivity contribution in [3.8, 4) is 0 Å². The van der Waals surface area contributed by atoms with Crippen molar-refractivity contribution in [2.45, 2.75) is 32.7 Å². The summed E-state index contributed by atoms with van der Waals surface area (Å²) in [4.78, 5) is 13.8. The van der Waals surface area contributed by atoms with Crippen molar-refractivity contribution in [3.05, 3.63) is 22.7 Å². The van der Waals surface area contributed by atoms with Gasteiger partial charge in [-0.05, 0) is 30.7 Å². The zero-order valence-electron chi connectivity index (χ0n) is 11.2. The van der Waals surface area contributed by atoms with Crippen molar-refractivity contribution in [1.29, 1.82) is 0 Å². The third-order valence-corrected chi connectivity index (χ3v) is 4.40. The molecule has 0 bridgehead atoms. The molecule has 1 aromatic carbocycles. The number of hydrogen-bond acceptors (Lipinski definition) is 4. The van der Waals surface area contributed by atoms with Gasteiger partial charge >= 0.3 is 5.76 Å². The van der Waals surface area contributed by atoms with E-state index < -0.39 is 5.76 Å². The Kier molecular flexibility index (Phi) is 2.77. The molecule has 1 aromatic heterocycles. The van der Waals surface area contributed by atoms with Crippen LogP contribution < -0.4 is 16.8 Å². The first-order chi connectivity index (χ1) is 9.04. The quantitative estimate of drug-likeness (QED) is 0.725. The lowest BCUT2D eigenvalue weighted by atomic mass is 9.97. The minimum Gasteiger partial charge on any atom is -0.408 e. The van der Waals surface area contributed by atoms with Crippen LogP contribution >= 0.6 is 0 Å². The molecule has 0 saturated heterocycles. The highest BCUT2D eigenvalue weighted by molar-refractivity contribution is 5.85. The van der Waals surface area contributed by atoms with Gasteiger partial charge in [0.25, 0.3) is 0 Å². The summed E-state index contributed by atoms with van der Waals surface area (Å²) in [6.45, 7) is 4.55. The SMILES string of the molecule is CC1CCC(Nc2cc3[nH]c(=O)oc3cc2N)C1C. The summed E-state index contributed by atoms with van der Waals surface area (Å²) in [6.07, 6.45) is 2.39. The molecule has 5 heteroatoms. The van der Waals surface area contributed by atoms with E-state index >= 15 is 0 Å². The first-order valence-electron chi connectivity index (χ1n) is 6.73. The number of H-pyrrole nitrogens is 1. The van der Waals surface area contributed by atoms with Crippen molar-refractivity contribution >= 4 is 22.5 Å². The molecule has 0 aliphatic heterocycles. The smallest absolute Gasteiger partial charge is 0.408 e. The van der Waals surface area contributed by atoms with Crippen LogP contribution in [0.5, 0.6) is 0 Å². The molecule has 0 amide bonds. The molecule has 1 heterocycles. The predicted octanol–water partition coefficient (Wildman–Crippen LogP) is 2.55. The third-order valence-electron chi connectivity index (χ3n) is 4.40. The average molecular weight is 261 g/mol. The number of nitrogen functional groups attached to an aromatic ring is 1. The summed E-state index contributed by atoms with van der Waals surface area (Å²) in [6, 6.07) is 3.98. The lowest BCUT2D eigenvalue weighted by molar-refractivity contribution is 0.435. The van der Waals surface area contributed by atoms with Gasteiger partial charge in [0.2, 0.25) is 0 Å². The first-order valence-corrected chi connectivity index (χ1v) is 6.73. The van der Waals surface area contributed by atoms with E-state index in [0.717, 1.165) is 18.0 Å². The van der Waals surface area contributed by atoms with E-state index in [-0.39, 0.29) is 0 Å². The average Bonchev–Trinajstić information content (AvgIpc) is 2.85. The molecule has 0 radical (unpaired) electrons. The Hall–Kier alpha value is -1.91. The summed E-state index contributed by atoms with van der Waals surface area (Å²) in [5, 5.41) is 3.50. The zero-order chi connectivity index (χ0) is 13.6. The number of aromatic amines is 1. The van der Waals surface area contributed by atoms with Gasteiger partial charge in [-0.1, -0.05) is 13.8 Å². The Morgan fingerprint density at radius 1 is 1.37 bits per heavy atom. The lowest BCUT2D eigenvalue weighted by Gasteiger charge is -2.21. The zero-order valence-corrected chi connectivity index (χ0v) is 11.2. The Bertz CT molecular complexity index is 658. The number of oxazole rings is 1. The van der Waals surface area contributed by atoms with Crippen LogP contribution in [0.15, 0.2) is 21.3 Å². The molecule has 4 N–H and O–H groups in total. The predicted molar refractivity (Wildman–Crippen MR) is 76.2 cm³/mol. The van der Waals surface area contributed by atoms with Crippen LogP contribution in [-0.4, -0.2) is 11.0 Å². The third kappa shape index (κ3) is 2.09. The second-order valence-corrected chi connectivity index (χ2v) is 5.61. The van der Waals surface area contributed by atoms with E-state index in [1.165, 1.54) is 6.42 Å². The number of nitrogens with two attached hydrogens (primary N) is 1. The lowest BCUT2D eigenvalue weighted by Crippen LogP contribution is -2.24. The van der Waals surface area contributed by atoms with Gasteiger partial charge in [0, 0.05) is 12.1 Å². The largest absolute Gasteiger partial charge is 0.417 e. The summed E-state index contributed by atoms with van der Waals surface area (Å²) in [7, 11) is 0. The van der Waals surface area contributed by atoms with Gasteiger partial charge in [0.1, 0.15) is 0 Å². The van der Waals surface area contributed by atoms with Gasteiger partial charge in [-0.15, -0.1) is 0 Å². The van der Waals surface area contributed by atoms with E-state index in [1.807, 2.05) is 6.07 Å². The number of benzene rings is 1. The second kappa shape index (κ2) is 4.33. The Morgan fingerprint density at radius 2 is 2.16 bits per heavy atom. The van der Waals surface area contributed by atoms with Crippen LogP contribution in [0.1, 0.15) is 26.7 Å². The van der Waals surface area contributed by atoms with E-state index in [9.17, 15) is 4.79 Å². The second-order valence-electron chi connectivity index (χ2n) is 5.61. The van der Waals surface area contributed by atoms with Gasteiger partial charge in [0.05, 0.1) is 16.9 Å². The number of nitrogens with one attached hydrogen (secondary N) is 2. The van der Waals surface area contributed by atoms with Crippen molar-refractivity contribution in [3.63, 3.8) is 0 Å². The molecule has 0 spiro atoms. The van der Waals surface area contributed by atoms with Gasteiger partial charge in [0.15, 0.2) is 5.58 Å². The van der Waals surface area contributed by atoms with Crippen LogP contribution in [0.4, 0.5) is 11.4 Å². The van der Waals surface area contributed by atoms with Gasteiger partial charge in [-0.2, -0.15) is 0 Å².